The number of hydrogen-bond donors (Lipinski definition) is 1. The Bertz CT molecular complexity index is 559. The molecule has 0 unspecified atom stereocenters. The summed E-state index contributed by atoms with van der Waals surface area (Å²) >= 11 is 0. The molecule has 1 heterocycles. The van der Waals surface area contributed by atoms with Crippen LogP contribution in [-0.4, -0.2) is 34.4 Å². The average molecular weight is 243 g/mol. The first-order valence-electron chi connectivity index (χ1n) is 6.02. The van der Waals surface area contributed by atoms with Crippen LogP contribution < -0.4 is 0 Å². The quantitative estimate of drug-likeness (QED) is 0.648. The molecule has 94 valence electrons. The van der Waals surface area contributed by atoms with Gasteiger partial charge in [0.05, 0.1) is 17.4 Å². The van der Waals surface area contributed by atoms with E-state index in [1.807, 2.05) is 31.3 Å². The summed E-state index contributed by atoms with van der Waals surface area (Å²) in [5.74, 6) is 0.0376. The smallest absolute Gasteiger partial charge is 0.253 e. The van der Waals surface area contributed by atoms with Crippen LogP contribution in [-0.2, 0) is 0 Å². The van der Waals surface area contributed by atoms with Crippen LogP contribution in [0, 0.1) is 0 Å². The highest BCUT2D eigenvalue weighted by atomic mass is 16.2. The lowest BCUT2D eigenvalue weighted by molar-refractivity contribution is 0.0794. The number of rotatable bonds is 5. The van der Waals surface area contributed by atoms with Crippen LogP contribution in [0.1, 0.15) is 23.2 Å². The fraction of sp³-hybridized carbons (Fsp3) is 0.286. The zero-order valence-electron chi connectivity index (χ0n) is 10.5. The van der Waals surface area contributed by atoms with Gasteiger partial charge >= 0.3 is 0 Å². The Morgan fingerprint density at radius 3 is 3.17 bits per heavy atom. The van der Waals surface area contributed by atoms with Crippen molar-refractivity contribution < 1.29 is 4.79 Å². The number of carbonyl (C=O) groups excluding carboxylic acids is 1. The van der Waals surface area contributed by atoms with Gasteiger partial charge in [0, 0.05) is 19.2 Å². The number of hydrogen-bond acceptors (Lipinski definition) is 2. The number of unbranched alkanes of at least 4 members (excludes halogenated alkanes) is 1. The molecule has 0 aliphatic rings. The SMILES string of the molecule is C=CCCCN(C)C(=O)c1ccc2nc[nH]c2c1. The molecule has 0 spiro atoms. The lowest BCUT2D eigenvalue weighted by Crippen LogP contribution is -2.27. The molecule has 0 saturated heterocycles. The van der Waals surface area contributed by atoms with Crippen LogP contribution in [0.4, 0.5) is 0 Å². The van der Waals surface area contributed by atoms with Gasteiger partial charge in [-0.15, -0.1) is 6.58 Å². The van der Waals surface area contributed by atoms with Crippen LogP contribution in [0.25, 0.3) is 11.0 Å². The fourth-order valence-corrected chi connectivity index (χ4v) is 1.86. The Labute approximate surface area is 106 Å². The number of carbonyl (C=O) groups is 1. The minimum absolute atomic E-state index is 0.0376. The first-order chi connectivity index (χ1) is 8.72. The van der Waals surface area contributed by atoms with E-state index in [1.165, 1.54) is 0 Å². The van der Waals surface area contributed by atoms with E-state index in [4.69, 9.17) is 0 Å². The molecule has 1 N–H and O–H groups in total. The molecular weight excluding hydrogens is 226 g/mol. The minimum Gasteiger partial charge on any atom is -0.345 e. The van der Waals surface area contributed by atoms with Crippen molar-refractivity contribution >= 4 is 16.9 Å². The second-order valence-electron chi connectivity index (χ2n) is 4.29. The summed E-state index contributed by atoms with van der Waals surface area (Å²) in [6, 6.07) is 5.51. The van der Waals surface area contributed by atoms with Crippen molar-refractivity contribution in [1.29, 1.82) is 0 Å². The van der Waals surface area contributed by atoms with Gasteiger partial charge in [-0.05, 0) is 31.0 Å². The summed E-state index contributed by atoms with van der Waals surface area (Å²) in [5.41, 5.74) is 2.45. The van der Waals surface area contributed by atoms with Gasteiger partial charge in [-0.2, -0.15) is 0 Å². The fourth-order valence-electron chi connectivity index (χ4n) is 1.86. The number of benzene rings is 1. The standard InChI is InChI=1S/C14H17N3O/c1-3-4-5-8-17(2)14(18)11-6-7-12-13(9-11)16-10-15-12/h3,6-7,9-10H,1,4-5,8H2,2H3,(H,15,16). The number of fused-ring (bicyclic) bond motifs is 1. The molecule has 1 aromatic heterocycles. The third-order valence-electron chi connectivity index (χ3n) is 2.92. The predicted molar refractivity (Wildman–Crippen MR) is 72.5 cm³/mol. The van der Waals surface area contributed by atoms with Crippen molar-refractivity contribution in [1.82, 2.24) is 14.9 Å². The molecule has 0 bridgehead atoms. The van der Waals surface area contributed by atoms with Gasteiger partial charge in [-0.25, -0.2) is 4.98 Å². The Balaban J connectivity index is 2.09. The lowest BCUT2D eigenvalue weighted by atomic mass is 10.1. The molecular formula is C14H17N3O. The monoisotopic (exact) mass is 243 g/mol. The van der Waals surface area contributed by atoms with Gasteiger partial charge in [0.1, 0.15) is 0 Å². The molecule has 0 radical (unpaired) electrons. The maximum atomic E-state index is 12.2. The highest BCUT2D eigenvalue weighted by Crippen LogP contribution is 2.13. The normalized spacial score (nSPS) is 10.5. The number of nitrogens with one attached hydrogen (secondary N) is 1. The Morgan fingerprint density at radius 1 is 1.56 bits per heavy atom. The summed E-state index contributed by atoms with van der Waals surface area (Å²) in [7, 11) is 1.82. The number of amides is 1. The van der Waals surface area contributed by atoms with Crippen molar-refractivity contribution in [2.24, 2.45) is 0 Å². The molecule has 0 atom stereocenters. The summed E-state index contributed by atoms with van der Waals surface area (Å²) in [6.45, 7) is 4.42. The highest BCUT2D eigenvalue weighted by Gasteiger charge is 2.11. The Morgan fingerprint density at radius 2 is 2.39 bits per heavy atom. The summed E-state index contributed by atoms with van der Waals surface area (Å²) in [5, 5.41) is 0. The topological polar surface area (TPSA) is 49.0 Å². The van der Waals surface area contributed by atoms with E-state index in [1.54, 1.807) is 11.2 Å². The van der Waals surface area contributed by atoms with Crippen molar-refractivity contribution in [2.75, 3.05) is 13.6 Å². The first kappa shape index (κ1) is 12.4. The maximum absolute atomic E-state index is 12.2. The molecule has 4 heteroatoms. The number of aromatic nitrogens is 2. The van der Waals surface area contributed by atoms with E-state index in [9.17, 15) is 4.79 Å². The third-order valence-corrected chi connectivity index (χ3v) is 2.92. The Kier molecular flexibility index (Phi) is 3.77. The van der Waals surface area contributed by atoms with Crippen LogP contribution in [0.15, 0.2) is 37.2 Å². The van der Waals surface area contributed by atoms with Crippen molar-refractivity contribution in [3.8, 4) is 0 Å². The predicted octanol–water partition coefficient (Wildman–Crippen LogP) is 2.60. The van der Waals surface area contributed by atoms with Gasteiger partial charge in [0.15, 0.2) is 0 Å². The summed E-state index contributed by atoms with van der Waals surface area (Å²) < 4.78 is 0. The van der Waals surface area contributed by atoms with E-state index in [2.05, 4.69) is 16.5 Å². The molecule has 1 amide bonds. The van der Waals surface area contributed by atoms with Crippen molar-refractivity contribution in [2.45, 2.75) is 12.8 Å². The number of nitrogens with zero attached hydrogens (tertiary/aromatic N) is 2. The summed E-state index contributed by atoms with van der Waals surface area (Å²) in [4.78, 5) is 21.1. The second kappa shape index (κ2) is 5.49. The van der Waals surface area contributed by atoms with Crippen LogP contribution in [0.3, 0.4) is 0 Å². The summed E-state index contributed by atoms with van der Waals surface area (Å²) in [6.07, 6.45) is 5.37. The van der Waals surface area contributed by atoms with Crippen LogP contribution >= 0.6 is 0 Å². The zero-order valence-corrected chi connectivity index (χ0v) is 10.5. The van der Waals surface area contributed by atoms with Gasteiger partial charge in [0.2, 0.25) is 0 Å². The van der Waals surface area contributed by atoms with E-state index >= 15 is 0 Å². The molecule has 0 saturated carbocycles. The van der Waals surface area contributed by atoms with E-state index < -0.39 is 0 Å². The Hall–Kier alpha value is -2.10. The van der Waals surface area contributed by atoms with Crippen LogP contribution in [0.5, 0.6) is 0 Å². The van der Waals surface area contributed by atoms with Gasteiger partial charge in [-0.3, -0.25) is 4.79 Å². The highest BCUT2D eigenvalue weighted by molar-refractivity contribution is 5.97. The minimum atomic E-state index is 0.0376. The van der Waals surface area contributed by atoms with E-state index in [0.29, 0.717) is 5.56 Å². The maximum Gasteiger partial charge on any atom is 0.253 e. The van der Waals surface area contributed by atoms with E-state index in [-0.39, 0.29) is 5.91 Å². The molecule has 0 aliphatic carbocycles. The molecule has 0 fully saturated rings. The van der Waals surface area contributed by atoms with Crippen molar-refractivity contribution in [3.05, 3.63) is 42.7 Å². The number of allylic oxidation sites excluding steroid dienone is 1. The molecule has 18 heavy (non-hydrogen) atoms. The third kappa shape index (κ3) is 2.59. The lowest BCUT2D eigenvalue weighted by Gasteiger charge is -2.16. The van der Waals surface area contributed by atoms with Gasteiger partial charge < -0.3 is 9.88 Å². The van der Waals surface area contributed by atoms with Crippen LogP contribution in [0.2, 0.25) is 0 Å². The molecule has 2 aromatic rings. The molecule has 2 rings (SSSR count). The molecule has 4 nitrogen and oxygen atoms in total. The number of H-pyrrole nitrogens is 1. The first-order valence-corrected chi connectivity index (χ1v) is 6.02. The van der Waals surface area contributed by atoms with Gasteiger partial charge in [-0.1, -0.05) is 6.08 Å². The zero-order chi connectivity index (χ0) is 13.0. The van der Waals surface area contributed by atoms with Crippen molar-refractivity contribution in [3.63, 3.8) is 0 Å². The number of imidazole rings is 1. The molecule has 0 aliphatic heterocycles. The van der Waals surface area contributed by atoms with Gasteiger partial charge in [0.25, 0.3) is 5.91 Å². The molecule has 1 aromatic carbocycles. The average Bonchev–Trinajstić information content (AvgIpc) is 2.85. The largest absolute Gasteiger partial charge is 0.345 e. The van der Waals surface area contributed by atoms with E-state index in [0.717, 1.165) is 30.4 Å². The second-order valence-corrected chi connectivity index (χ2v) is 4.29. The number of aromatic amines is 1.